The van der Waals surface area contributed by atoms with Gasteiger partial charge >= 0.3 is 0 Å². The van der Waals surface area contributed by atoms with E-state index >= 15 is 0 Å². The Morgan fingerprint density at radius 1 is 0.920 bits per heavy atom. The van der Waals surface area contributed by atoms with Crippen LogP contribution in [0.4, 0.5) is 0 Å². The fourth-order valence-corrected chi connectivity index (χ4v) is 3.33. The van der Waals surface area contributed by atoms with Crippen molar-refractivity contribution in [1.82, 2.24) is 14.7 Å². The molecular weight excluding hydrogens is 310 g/mol. The van der Waals surface area contributed by atoms with E-state index in [-0.39, 0.29) is 5.91 Å². The third-order valence-corrected chi connectivity index (χ3v) is 4.62. The van der Waals surface area contributed by atoms with Gasteiger partial charge in [-0.05, 0) is 18.4 Å². The molecule has 25 heavy (non-hydrogen) atoms. The summed E-state index contributed by atoms with van der Waals surface area (Å²) in [5.41, 5.74) is 3.62. The van der Waals surface area contributed by atoms with E-state index < -0.39 is 0 Å². The summed E-state index contributed by atoms with van der Waals surface area (Å²) in [5, 5.41) is 4.74. The second kappa shape index (κ2) is 6.93. The zero-order valence-corrected chi connectivity index (χ0v) is 14.1. The number of benzene rings is 2. The molecule has 3 aromatic rings. The van der Waals surface area contributed by atoms with Crippen LogP contribution in [0.2, 0.25) is 0 Å². The van der Waals surface area contributed by atoms with Crippen molar-refractivity contribution in [3.05, 3.63) is 78.0 Å². The van der Waals surface area contributed by atoms with Crippen LogP contribution in [-0.4, -0.2) is 33.7 Å². The molecule has 0 radical (unpaired) electrons. The molecule has 1 amide bonds. The molecule has 0 saturated carbocycles. The Balaban J connectivity index is 1.71. The van der Waals surface area contributed by atoms with Crippen LogP contribution in [0.15, 0.2) is 66.9 Å². The highest BCUT2D eigenvalue weighted by atomic mass is 16.2. The summed E-state index contributed by atoms with van der Waals surface area (Å²) >= 11 is 0. The molecule has 126 valence electrons. The van der Waals surface area contributed by atoms with E-state index in [4.69, 9.17) is 5.10 Å². The van der Waals surface area contributed by atoms with Crippen molar-refractivity contribution in [2.75, 3.05) is 13.1 Å². The monoisotopic (exact) mass is 331 g/mol. The Kier molecular flexibility index (Phi) is 4.34. The maximum Gasteiger partial charge on any atom is 0.257 e. The highest BCUT2D eigenvalue weighted by Crippen LogP contribution is 2.25. The molecule has 2 heterocycles. The smallest absolute Gasteiger partial charge is 0.257 e. The molecule has 1 fully saturated rings. The van der Waals surface area contributed by atoms with E-state index in [1.807, 2.05) is 64.3 Å². The number of carbonyl (C=O) groups is 1. The van der Waals surface area contributed by atoms with Crippen molar-refractivity contribution in [2.45, 2.75) is 19.4 Å². The maximum absolute atomic E-state index is 13.0. The first-order valence-electron chi connectivity index (χ1n) is 8.77. The minimum Gasteiger partial charge on any atom is -0.339 e. The third kappa shape index (κ3) is 3.33. The van der Waals surface area contributed by atoms with Gasteiger partial charge in [0.1, 0.15) is 5.69 Å². The van der Waals surface area contributed by atoms with Gasteiger partial charge in [0, 0.05) is 24.8 Å². The number of hydrogen-bond donors (Lipinski definition) is 0. The lowest BCUT2D eigenvalue weighted by Gasteiger charge is -2.14. The number of carbonyl (C=O) groups excluding carboxylic acids is 1. The van der Waals surface area contributed by atoms with Gasteiger partial charge in [0.05, 0.1) is 12.1 Å². The molecule has 1 aliphatic heterocycles. The van der Waals surface area contributed by atoms with Crippen LogP contribution in [0.5, 0.6) is 0 Å². The minimum atomic E-state index is 0.0932. The summed E-state index contributed by atoms with van der Waals surface area (Å²) in [5.74, 6) is 0.0932. The summed E-state index contributed by atoms with van der Waals surface area (Å²) in [6.07, 6.45) is 4.07. The van der Waals surface area contributed by atoms with Crippen molar-refractivity contribution >= 4 is 5.91 Å². The van der Waals surface area contributed by atoms with Gasteiger partial charge in [-0.3, -0.25) is 9.48 Å². The van der Waals surface area contributed by atoms with Crippen LogP contribution in [0.1, 0.15) is 28.8 Å². The predicted molar refractivity (Wildman–Crippen MR) is 98.3 cm³/mol. The van der Waals surface area contributed by atoms with Crippen molar-refractivity contribution in [1.29, 1.82) is 0 Å². The van der Waals surface area contributed by atoms with Crippen molar-refractivity contribution < 1.29 is 4.79 Å². The Morgan fingerprint density at radius 3 is 2.24 bits per heavy atom. The molecule has 0 unspecified atom stereocenters. The first-order valence-corrected chi connectivity index (χ1v) is 8.77. The molecule has 2 aromatic carbocycles. The Labute approximate surface area is 147 Å². The molecule has 0 aliphatic carbocycles. The van der Waals surface area contributed by atoms with E-state index in [2.05, 4.69) is 12.1 Å². The molecule has 4 heteroatoms. The molecule has 1 saturated heterocycles. The van der Waals surface area contributed by atoms with Crippen LogP contribution in [-0.2, 0) is 6.54 Å². The fraction of sp³-hybridized carbons (Fsp3) is 0.238. The first-order chi connectivity index (χ1) is 12.3. The Hall–Kier alpha value is -2.88. The molecule has 1 aromatic heterocycles. The molecule has 1 aliphatic rings. The molecule has 4 nitrogen and oxygen atoms in total. The Bertz CT molecular complexity index is 849. The lowest BCUT2D eigenvalue weighted by Crippen LogP contribution is -2.27. The third-order valence-electron chi connectivity index (χ3n) is 4.62. The largest absolute Gasteiger partial charge is 0.339 e. The zero-order chi connectivity index (χ0) is 17.1. The van der Waals surface area contributed by atoms with Crippen molar-refractivity contribution in [3.63, 3.8) is 0 Å². The maximum atomic E-state index is 13.0. The summed E-state index contributed by atoms with van der Waals surface area (Å²) in [6, 6.07) is 20.2. The van der Waals surface area contributed by atoms with Gasteiger partial charge in [0.15, 0.2) is 0 Å². The molecule has 0 bridgehead atoms. The van der Waals surface area contributed by atoms with E-state index in [1.165, 1.54) is 5.56 Å². The second-order valence-electron chi connectivity index (χ2n) is 6.44. The van der Waals surface area contributed by atoms with E-state index in [1.54, 1.807) is 0 Å². The molecular formula is C21H21N3O. The number of hydrogen-bond acceptors (Lipinski definition) is 2. The summed E-state index contributed by atoms with van der Waals surface area (Å²) < 4.78 is 1.88. The molecule has 0 N–H and O–H groups in total. The SMILES string of the molecule is O=C(c1cn(Cc2ccccc2)nc1-c1ccccc1)N1CCCC1. The second-order valence-corrected chi connectivity index (χ2v) is 6.44. The van der Waals surface area contributed by atoms with Crippen LogP contribution >= 0.6 is 0 Å². The van der Waals surface area contributed by atoms with Gasteiger partial charge < -0.3 is 4.90 Å². The fourth-order valence-electron chi connectivity index (χ4n) is 3.33. The topological polar surface area (TPSA) is 38.1 Å². The number of nitrogens with zero attached hydrogens (tertiary/aromatic N) is 3. The summed E-state index contributed by atoms with van der Waals surface area (Å²) in [4.78, 5) is 14.9. The average molecular weight is 331 g/mol. The molecule has 4 rings (SSSR count). The van der Waals surface area contributed by atoms with Gasteiger partial charge in [-0.15, -0.1) is 0 Å². The van der Waals surface area contributed by atoms with Crippen LogP contribution in [0.3, 0.4) is 0 Å². The molecule has 0 spiro atoms. The van der Waals surface area contributed by atoms with Crippen LogP contribution < -0.4 is 0 Å². The normalized spacial score (nSPS) is 14.0. The van der Waals surface area contributed by atoms with E-state index in [0.717, 1.165) is 37.2 Å². The number of rotatable bonds is 4. The highest BCUT2D eigenvalue weighted by molar-refractivity contribution is 5.99. The van der Waals surface area contributed by atoms with Crippen molar-refractivity contribution in [2.24, 2.45) is 0 Å². The molecule has 0 atom stereocenters. The van der Waals surface area contributed by atoms with Crippen LogP contribution in [0, 0.1) is 0 Å². The van der Waals surface area contributed by atoms with Gasteiger partial charge in [-0.1, -0.05) is 60.7 Å². The van der Waals surface area contributed by atoms with Gasteiger partial charge in [0.2, 0.25) is 0 Å². The standard InChI is InChI=1S/C21H21N3O/c25-21(23-13-7-8-14-23)19-16-24(15-17-9-3-1-4-10-17)22-20(19)18-11-5-2-6-12-18/h1-6,9-12,16H,7-8,13-15H2. The number of amides is 1. The van der Waals surface area contributed by atoms with E-state index in [0.29, 0.717) is 12.1 Å². The van der Waals surface area contributed by atoms with Gasteiger partial charge in [-0.2, -0.15) is 5.10 Å². The van der Waals surface area contributed by atoms with E-state index in [9.17, 15) is 4.79 Å². The van der Waals surface area contributed by atoms with Gasteiger partial charge in [0.25, 0.3) is 5.91 Å². The lowest BCUT2D eigenvalue weighted by molar-refractivity contribution is 0.0793. The summed E-state index contributed by atoms with van der Waals surface area (Å²) in [6.45, 7) is 2.35. The lowest BCUT2D eigenvalue weighted by atomic mass is 10.1. The quantitative estimate of drug-likeness (QED) is 0.728. The predicted octanol–water partition coefficient (Wildman–Crippen LogP) is 3.83. The zero-order valence-electron chi connectivity index (χ0n) is 14.1. The van der Waals surface area contributed by atoms with Crippen LogP contribution in [0.25, 0.3) is 11.3 Å². The number of aromatic nitrogens is 2. The highest BCUT2D eigenvalue weighted by Gasteiger charge is 2.25. The number of likely N-dealkylation sites (tertiary alicyclic amines) is 1. The minimum absolute atomic E-state index is 0.0932. The Morgan fingerprint density at radius 2 is 1.56 bits per heavy atom. The first kappa shape index (κ1) is 15.6. The summed E-state index contributed by atoms with van der Waals surface area (Å²) in [7, 11) is 0. The van der Waals surface area contributed by atoms with Gasteiger partial charge in [-0.25, -0.2) is 0 Å². The van der Waals surface area contributed by atoms with Crippen molar-refractivity contribution in [3.8, 4) is 11.3 Å². The average Bonchev–Trinajstić information content (AvgIpc) is 3.33.